The number of methoxy groups -OCH3 is 1. The molecule has 1 fully saturated rings. The molecular weight excluding hydrogens is 581 g/mol. The van der Waals surface area contributed by atoms with Gasteiger partial charge < -0.3 is 25.6 Å². The number of fused-ring (bicyclic) bond motifs is 1. The lowest BCUT2D eigenvalue weighted by atomic mass is 10.0. The molecule has 1 saturated heterocycles. The number of amides is 2. The number of thioether (sulfide) groups is 2. The first-order chi connectivity index (χ1) is 18.9. The van der Waals surface area contributed by atoms with Gasteiger partial charge in [0.25, 0.3) is 5.91 Å². The number of aromatic nitrogens is 3. The van der Waals surface area contributed by atoms with Gasteiger partial charge in [-0.05, 0) is 23.3 Å². The Balaban J connectivity index is 1.52. The Hall–Kier alpha value is -3.61. The van der Waals surface area contributed by atoms with Crippen molar-refractivity contribution in [1.82, 2.24) is 25.6 Å². The number of benzene rings is 1. The molecule has 0 bridgehead atoms. The fraction of sp³-hybridized carbons (Fsp3) is 0.364. The maximum atomic E-state index is 13.1. The van der Waals surface area contributed by atoms with Gasteiger partial charge in [-0.3, -0.25) is 19.6 Å². The van der Waals surface area contributed by atoms with Gasteiger partial charge in [-0.1, -0.05) is 11.3 Å². The lowest BCUT2D eigenvalue weighted by molar-refractivity contribution is -0.201. The van der Waals surface area contributed by atoms with Crippen molar-refractivity contribution in [3.8, 4) is 5.75 Å². The van der Waals surface area contributed by atoms with Gasteiger partial charge in [0.05, 0.1) is 12.8 Å². The van der Waals surface area contributed by atoms with E-state index < -0.39 is 53.1 Å². The predicted octanol–water partition coefficient (Wildman–Crippen LogP) is 0.735. The standard InChI is InChI=1S/C22H21F3N6O7S2/c1-37-6-10-4-9(2-3-12(10)32)14(26)17(33)28-15-18(34)31-16(20(35)38-21(36)22(23,24)25)11(8-40-19(15)31)7-39-13-5-27-30-29-13/h2-5,14-15,19,32H,6-8,26H2,1H3,(H,28,33)(H,27,29,30). The topological polar surface area (TPSA) is 190 Å². The number of carbonyl (C=O) groups excluding carboxylic acids is 4. The van der Waals surface area contributed by atoms with Crippen molar-refractivity contribution in [2.24, 2.45) is 5.73 Å². The van der Waals surface area contributed by atoms with E-state index in [-0.39, 0.29) is 29.4 Å². The highest BCUT2D eigenvalue weighted by molar-refractivity contribution is 8.01. The maximum Gasteiger partial charge on any atom is 0.491 e. The zero-order valence-electron chi connectivity index (χ0n) is 20.4. The molecule has 1 aromatic carbocycles. The monoisotopic (exact) mass is 602 g/mol. The highest BCUT2D eigenvalue weighted by Gasteiger charge is 2.55. The summed E-state index contributed by atoms with van der Waals surface area (Å²) in [4.78, 5) is 50.9. The second-order valence-corrected chi connectivity index (χ2v) is 10.6. The second-order valence-electron chi connectivity index (χ2n) is 8.43. The molecule has 3 atom stereocenters. The molecule has 1 aromatic heterocycles. The third kappa shape index (κ3) is 6.08. The van der Waals surface area contributed by atoms with E-state index in [0.717, 1.165) is 28.4 Å². The molecule has 214 valence electrons. The van der Waals surface area contributed by atoms with Crippen molar-refractivity contribution in [2.45, 2.75) is 35.3 Å². The first kappa shape index (κ1) is 29.4. The molecule has 0 aliphatic carbocycles. The van der Waals surface area contributed by atoms with Gasteiger partial charge in [0, 0.05) is 24.2 Å². The first-order valence-corrected chi connectivity index (χ1v) is 13.3. The minimum Gasteiger partial charge on any atom is -0.508 e. The summed E-state index contributed by atoms with van der Waals surface area (Å²) in [5, 5.41) is 21.7. The Kier molecular flexibility index (Phi) is 8.71. The fourth-order valence-corrected chi connectivity index (χ4v) is 6.13. The molecule has 3 heterocycles. The average molecular weight is 603 g/mol. The van der Waals surface area contributed by atoms with Crippen LogP contribution in [-0.4, -0.2) is 85.4 Å². The van der Waals surface area contributed by atoms with Crippen LogP contribution in [0, 0.1) is 0 Å². The average Bonchev–Trinajstić information content (AvgIpc) is 3.43. The van der Waals surface area contributed by atoms with Crippen LogP contribution in [0.2, 0.25) is 0 Å². The minimum atomic E-state index is -5.43. The molecule has 13 nitrogen and oxygen atoms in total. The lowest BCUT2D eigenvalue weighted by Gasteiger charge is -2.49. The van der Waals surface area contributed by atoms with Gasteiger partial charge in [-0.25, -0.2) is 9.59 Å². The molecule has 0 saturated carbocycles. The Labute approximate surface area is 232 Å². The number of H-pyrrole nitrogens is 1. The summed E-state index contributed by atoms with van der Waals surface area (Å²) in [6.07, 6.45) is -4.05. The number of nitrogens with one attached hydrogen (secondary N) is 2. The number of phenols is 1. The Morgan fingerprint density at radius 2 is 2.12 bits per heavy atom. The van der Waals surface area contributed by atoms with Crippen LogP contribution in [-0.2, 0) is 35.3 Å². The van der Waals surface area contributed by atoms with Crippen LogP contribution in [0.5, 0.6) is 5.75 Å². The number of rotatable bonds is 9. The number of β-lactam (4-membered cyclic amide) rings is 1. The summed E-state index contributed by atoms with van der Waals surface area (Å²) in [6.45, 7) is 0.0579. The van der Waals surface area contributed by atoms with Crippen molar-refractivity contribution in [1.29, 1.82) is 0 Å². The highest BCUT2D eigenvalue weighted by atomic mass is 32.2. The van der Waals surface area contributed by atoms with Crippen LogP contribution in [0.25, 0.3) is 0 Å². The molecule has 40 heavy (non-hydrogen) atoms. The van der Waals surface area contributed by atoms with Gasteiger partial charge in [0.1, 0.15) is 33.9 Å². The number of ether oxygens (including phenoxy) is 2. The summed E-state index contributed by atoms with van der Waals surface area (Å²) < 4.78 is 47.3. The molecule has 2 aliphatic rings. The zero-order valence-corrected chi connectivity index (χ0v) is 22.1. The van der Waals surface area contributed by atoms with E-state index in [4.69, 9.17) is 10.5 Å². The number of nitrogens with zero attached hydrogens (tertiary/aromatic N) is 3. The molecule has 0 spiro atoms. The predicted molar refractivity (Wildman–Crippen MR) is 132 cm³/mol. The normalized spacial score (nSPS) is 19.5. The van der Waals surface area contributed by atoms with Crippen LogP contribution >= 0.6 is 23.5 Å². The van der Waals surface area contributed by atoms with Crippen molar-refractivity contribution < 1.29 is 46.9 Å². The molecule has 0 radical (unpaired) electrons. The third-order valence-electron chi connectivity index (χ3n) is 5.79. The Morgan fingerprint density at radius 1 is 1.38 bits per heavy atom. The molecule has 18 heteroatoms. The first-order valence-electron chi connectivity index (χ1n) is 11.3. The van der Waals surface area contributed by atoms with E-state index in [9.17, 15) is 37.5 Å². The molecule has 2 aromatic rings. The summed E-state index contributed by atoms with van der Waals surface area (Å²) in [5.74, 6) is -5.88. The van der Waals surface area contributed by atoms with E-state index in [0.29, 0.717) is 16.2 Å². The number of halogens is 3. The van der Waals surface area contributed by atoms with Gasteiger partial charge >= 0.3 is 18.1 Å². The summed E-state index contributed by atoms with van der Waals surface area (Å²) in [5.41, 5.74) is 6.49. The number of carbonyl (C=O) groups is 4. The van der Waals surface area contributed by atoms with E-state index in [1.54, 1.807) is 0 Å². The summed E-state index contributed by atoms with van der Waals surface area (Å²) in [7, 11) is 1.42. The summed E-state index contributed by atoms with van der Waals surface area (Å²) >= 11 is 2.26. The number of phenolic OH excluding ortho intramolecular Hbond substituents is 1. The van der Waals surface area contributed by atoms with E-state index >= 15 is 0 Å². The largest absolute Gasteiger partial charge is 0.508 e. The van der Waals surface area contributed by atoms with Crippen LogP contribution in [0.15, 0.2) is 40.7 Å². The van der Waals surface area contributed by atoms with Crippen molar-refractivity contribution >= 4 is 47.3 Å². The SMILES string of the molecule is COCc1cc(C(N)C(=O)NC2C(=O)N3C(C(=O)OC(=O)C(F)(F)F)=C(CSc4cnn[nH]4)CSC23)ccc1O. The Morgan fingerprint density at radius 3 is 2.77 bits per heavy atom. The van der Waals surface area contributed by atoms with Gasteiger partial charge in [-0.15, -0.1) is 28.6 Å². The zero-order chi connectivity index (χ0) is 29.2. The molecule has 5 N–H and O–H groups in total. The van der Waals surface area contributed by atoms with Gasteiger partial charge in [-0.2, -0.15) is 13.2 Å². The number of hydrogen-bond acceptors (Lipinski definition) is 12. The van der Waals surface area contributed by atoms with E-state index in [1.165, 1.54) is 31.5 Å². The number of nitrogens with two attached hydrogens (primary N) is 1. The molecular formula is C22H21F3N6O7S2. The van der Waals surface area contributed by atoms with E-state index in [1.807, 2.05) is 0 Å². The minimum absolute atomic E-state index is 0.0323. The number of aromatic amines is 1. The van der Waals surface area contributed by atoms with Crippen molar-refractivity contribution in [3.63, 3.8) is 0 Å². The smallest absolute Gasteiger partial charge is 0.491 e. The van der Waals surface area contributed by atoms with Crippen LogP contribution < -0.4 is 11.1 Å². The van der Waals surface area contributed by atoms with Crippen molar-refractivity contribution in [2.75, 3.05) is 18.6 Å². The molecule has 2 aliphatic heterocycles. The van der Waals surface area contributed by atoms with E-state index in [2.05, 4.69) is 25.5 Å². The maximum absolute atomic E-state index is 13.1. The summed E-state index contributed by atoms with van der Waals surface area (Å²) in [6, 6.07) is 1.84. The number of hydrogen-bond donors (Lipinski definition) is 4. The quantitative estimate of drug-likeness (QED) is 0.137. The van der Waals surface area contributed by atoms with Crippen LogP contribution in [0.3, 0.4) is 0 Å². The van der Waals surface area contributed by atoms with Crippen molar-refractivity contribution in [3.05, 3.63) is 46.8 Å². The number of esters is 2. The number of aromatic hydroxyl groups is 1. The van der Waals surface area contributed by atoms with Gasteiger partial charge in [0.15, 0.2) is 0 Å². The lowest BCUT2D eigenvalue weighted by Crippen LogP contribution is -2.71. The molecule has 3 unspecified atom stereocenters. The fourth-order valence-electron chi connectivity index (χ4n) is 3.86. The third-order valence-corrected chi connectivity index (χ3v) is 8.14. The van der Waals surface area contributed by atoms with Gasteiger partial charge in [0.2, 0.25) is 5.91 Å². The van der Waals surface area contributed by atoms with Crippen LogP contribution in [0.4, 0.5) is 13.2 Å². The second kappa shape index (κ2) is 11.9. The molecule has 4 rings (SSSR count). The Bertz CT molecular complexity index is 1350. The molecule has 2 amide bonds. The highest BCUT2D eigenvalue weighted by Crippen LogP contribution is 2.42. The number of alkyl halides is 3. The van der Waals surface area contributed by atoms with Crippen LogP contribution in [0.1, 0.15) is 17.2 Å².